The quantitative estimate of drug-likeness (QED) is 0.160. The fraction of sp³-hybridized carbons (Fsp3) is 0.250. The molecule has 1 nitrogen and oxygen atoms in total. The van der Waals surface area contributed by atoms with Crippen molar-refractivity contribution >= 4 is 42.7 Å². The third-order valence-corrected chi connectivity index (χ3v) is 5.75. The molecule has 185 valence electrons. The van der Waals surface area contributed by atoms with Crippen LogP contribution in [0.3, 0.4) is 0 Å². The van der Waals surface area contributed by atoms with Crippen LogP contribution in [0.15, 0.2) is 78.9 Å². The van der Waals surface area contributed by atoms with Gasteiger partial charge in [-0.05, 0) is 12.8 Å². The summed E-state index contributed by atoms with van der Waals surface area (Å²) in [4.78, 5) is 0. The fourth-order valence-corrected chi connectivity index (χ4v) is 3.97. The standard InChI is InChI=1S/2C11H11.C8H8ClO.C2H6Si.Zr/c2*1-2-9-7-10-5-3-4-6-11(10)8-9;1-5-3-7(9)4-6(2)8(5)10;1-3-2;/h2*3-8H,2H2,1H3;3,10H,1-2H3;1-2H3;/q3*-1;;+3. The second kappa shape index (κ2) is 16.7. The van der Waals surface area contributed by atoms with Gasteiger partial charge in [-0.15, -0.1) is 110 Å². The minimum atomic E-state index is 0. The van der Waals surface area contributed by atoms with Crippen molar-refractivity contribution in [2.75, 3.05) is 0 Å². The number of phenols is 1. The average molecular weight is 591 g/mol. The second-order valence-corrected chi connectivity index (χ2v) is 9.87. The maximum atomic E-state index is 9.24. The van der Waals surface area contributed by atoms with E-state index in [0.717, 1.165) is 27.9 Å². The van der Waals surface area contributed by atoms with Gasteiger partial charge in [0, 0.05) is 15.3 Å². The summed E-state index contributed by atoms with van der Waals surface area (Å²) in [5.74, 6) is 0.282. The van der Waals surface area contributed by atoms with Crippen LogP contribution in [0.4, 0.5) is 0 Å². The summed E-state index contributed by atoms with van der Waals surface area (Å²) in [7, 11) is 1.08. The van der Waals surface area contributed by atoms with Crippen molar-refractivity contribution in [1.29, 1.82) is 0 Å². The van der Waals surface area contributed by atoms with Crippen LogP contribution in [0.5, 0.6) is 5.75 Å². The Morgan fingerprint density at radius 3 is 1.58 bits per heavy atom. The molecule has 0 unspecified atom stereocenters. The van der Waals surface area contributed by atoms with Crippen LogP contribution < -0.4 is 0 Å². The van der Waals surface area contributed by atoms with Gasteiger partial charge >= 0.3 is 26.2 Å². The van der Waals surface area contributed by atoms with Gasteiger partial charge in [0.15, 0.2) is 0 Å². The van der Waals surface area contributed by atoms with Gasteiger partial charge in [-0.25, -0.2) is 0 Å². The number of halogens is 1. The van der Waals surface area contributed by atoms with Crippen molar-refractivity contribution in [1.82, 2.24) is 0 Å². The minimum Gasteiger partial charge on any atom is -0.565 e. The summed E-state index contributed by atoms with van der Waals surface area (Å²) >= 11 is 5.66. The topological polar surface area (TPSA) is 20.2 Å². The normalized spacial score (nSPS) is 9.75. The number of rotatable bonds is 2. The van der Waals surface area contributed by atoms with E-state index in [1.54, 1.807) is 13.0 Å². The number of hydrogen-bond donors (Lipinski definition) is 1. The number of phenolic OH excluding ortho intramolecular Hbond substituents is 1. The number of hydrogen-bond acceptors (Lipinski definition) is 1. The molecular formula is C32H36ClOSiZr. The van der Waals surface area contributed by atoms with Crippen molar-refractivity contribution in [3.63, 3.8) is 0 Å². The number of aryl methyl sites for hydroxylation is 4. The van der Waals surface area contributed by atoms with Crippen LogP contribution in [0.25, 0.3) is 21.5 Å². The molecule has 0 spiro atoms. The molecular weight excluding hydrogens is 555 g/mol. The van der Waals surface area contributed by atoms with Crippen LogP contribution in [0.1, 0.15) is 36.1 Å². The first-order chi connectivity index (χ1) is 16.8. The molecule has 0 aliphatic carbocycles. The third kappa shape index (κ3) is 9.85. The maximum absolute atomic E-state index is 9.24. The van der Waals surface area contributed by atoms with Crippen molar-refractivity contribution in [3.05, 3.63) is 112 Å². The van der Waals surface area contributed by atoms with E-state index in [-0.39, 0.29) is 32.0 Å². The molecule has 1 N–H and O–H groups in total. The molecule has 4 heteroatoms. The molecule has 5 aromatic rings. The van der Waals surface area contributed by atoms with Gasteiger partial charge < -0.3 is 5.11 Å². The zero-order valence-corrected chi connectivity index (χ0v) is 26.5. The van der Waals surface area contributed by atoms with Gasteiger partial charge in [-0.2, -0.15) is 18.2 Å². The molecule has 0 aromatic heterocycles. The molecule has 5 rings (SSSR count). The first-order valence-electron chi connectivity index (χ1n) is 12.1. The molecule has 0 amide bonds. The molecule has 5 aromatic carbocycles. The van der Waals surface area contributed by atoms with E-state index in [9.17, 15) is 5.11 Å². The molecule has 0 heterocycles. The Balaban J connectivity index is 0.000000253. The molecule has 0 saturated heterocycles. The van der Waals surface area contributed by atoms with E-state index < -0.39 is 0 Å². The van der Waals surface area contributed by atoms with Crippen LogP contribution in [-0.2, 0) is 39.0 Å². The molecule has 0 aliphatic rings. The van der Waals surface area contributed by atoms with Crippen molar-refractivity contribution < 1.29 is 31.3 Å². The number of fused-ring (bicyclic) bond motifs is 2. The Kier molecular flexibility index (Phi) is 14.9. The van der Waals surface area contributed by atoms with E-state index in [1.807, 2.05) is 6.92 Å². The smallest absolute Gasteiger partial charge is 0.565 e. The van der Waals surface area contributed by atoms with Crippen molar-refractivity contribution in [2.24, 2.45) is 0 Å². The Morgan fingerprint density at radius 1 is 0.806 bits per heavy atom. The summed E-state index contributed by atoms with van der Waals surface area (Å²) < 4.78 is 0. The first kappa shape index (κ1) is 32.1. The van der Waals surface area contributed by atoms with E-state index in [4.69, 9.17) is 11.6 Å². The largest absolute Gasteiger partial charge is 3.00 e. The van der Waals surface area contributed by atoms with Crippen molar-refractivity contribution in [2.45, 2.75) is 53.6 Å². The molecule has 0 bridgehead atoms. The zero-order chi connectivity index (χ0) is 25.8. The maximum Gasteiger partial charge on any atom is 3.00 e. The monoisotopic (exact) mass is 589 g/mol. The average Bonchev–Trinajstić information content (AvgIpc) is 3.47. The zero-order valence-electron chi connectivity index (χ0n) is 22.2. The van der Waals surface area contributed by atoms with Gasteiger partial charge in [0.05, 0.1) is 0 Å². The molecule has 0 aliphatic heterocycles. The third-order valence-electron chi connectivity index (χ3n) is 5.55. The Hall–Kier alpha value is -1.93. The molecule has 0 fully saturated rings. The van der Waals surface area contributed by atoms with Gasteiger partial charge in [0.2, 0.25) is 0 Å². The minimum absolute atomic E-state index is 0. The number of benzene rings is 3. The molecule has 36 heavy (non-hydrogen) atoms. The Morgan fingerprint density at radius 2 is 1.22 bits per heavy atom. The van der Waals surface area contributed by atoms with Gasteiger partial charge in [0.25, 0.3) is 0 Å². The fourth-order valence-electron chi connectivity index (χ4n) is 3.67. The number of aromatic hydroxyl groups is 1. The summed E-state index contributed by atoms with van der Waals surface area (Å²) in [6.45, 7) is 12.3. The van der Waals surface area contributed by atoms with E-state index in [0.29, 0.717) is 10.6 Å². The van der Waals surface area contributed by atoms with E-state index >= 15 is 0 Å². The van der Waals surface area contributed by atoms with Gasteiger partial charge in [-0.1, -0.05) is 57.9 Å². The summed E-state index contributed by atoms with van der Waals surface area (Å²) in [5.41, 5.74) is 4.36. The van der Waals surface area contributed by atoms with E-state index in [1.165, 1.54) is 32.7 Å². The summed E-state index contributed by atoms with van der Waals surface area (Å²) in [6, 6.07) is 30.5. The first-order valence-corrected chi connectivity index (χ1v) is 14.5. The molecule has 3 radical (unpaired) electrons. The van der Waals surface area contributed by atoms with Crippen LogP contribution in [-0.4, -0.2) is 14.6 Å². The Bertz CT molecular complexity index is 1160. The predicted molar refractivity (Wildman–Crippen MR) is 157 cm³/mol. The van der Waals surface area contributed by atoms with Gasteiger partial charge in [-0.3, -0.25) is 0 Å². The Labute approximate surface area is 244 Å². The van der Waals surface area contributed by atoms with Crippen LogP contribution in [0, 0.1) is 19.9 Å². The summed E-state index contributed by atoms with van der Waals surface area (Å²) in [6.07, 6.45) is 2.27. The SMILES string of the molecule is CCc1cc2ccccc2[cH-]1.CCc1cc2ccccc2[cH-]1.C[Si]C.Cc1[c-]c(Cl)cc(C)c1O.[Zr+3]. The van der Waals surface area contributed by atoms with E-state index in [2.05, 4.69) is 106 Å². The summed E-state index contributed by atoms with van der Waals surface area (Å²) in [5, 5.41) is 15.3. The second-order valence-electron chi connectivity index (χ2n) is 8.47. The van der Waals surface area contributed by atoms with Crippen molar-refractivity contribution in [3.8, 4) is 5.75 Å². The van der Waals surface area contributed by atoms with Crippen LogP contribution >= 0.6 is 11.6 Å². The van der Waals surface area contributed by atoms with Crippen LogP contribution in [0.2, 0.25) is 18.1 Å². The molecule has 0 saturated carbocycles. The predicted octanol–water partition coefficient (Wildman–Crippen LogP) is 9.49. The molecule has 0 atom stereocenters. The van der Waals surface area contributed by atoms with Gasteiger partial charge in [0.1, 0.15) is 0 Å².